The number of hydrogen-bond donors (Lipinski definition) is 1. The molecule has 2 N–H and O–H groups in total. The van der Waals surface area contributed by atoms with Gasteiger partial charge in [0.25, 0.3) is 5.91 Å². The lowest BCUT2D eigenvalue weighted by Gasteiger charge is -2.15. The average molecular weight is 288 g/mol. The van der Waals surface area contributed by atoms with Crippen molar-refractivity contribution in [1.29, 1.82) is 0 Å². The van der Waals surface area contributed by atoms with Crippen molar-refractivity contribution in [2.45, 2.75) is 64.8 Å². The number of nitrogen functional groups attached to an aromatic ring is 1. The zero-order valence-electron chi connectivity index (χ0n) is 13.2. The van der Waals surface area contributed by atoms with Crippen LogP contribution < -0.4 is 5.73 Å². The monoisotopic (exact) mass is 288 g/mol. The van der Waals surface area contributed by atoms with E-state index in [9.17, 15) is 4.79 Å². The van der Waals surface area contributed by atoms with E-state index < -0.39 is 0 Å². The van der Waals surface area contributed by atoms with Crippen LogP contribution in [0.1, 0.15) is 74.2 Å². The number of nitrogens with two attached hydrogens (primary N) is 1. The molecule has 1 aromatic carbocycles. The van der Waals surface area contributed by atoms with Crippen LogP contribution in [-0.2, 0) is 6.54 Å². The van der Waals surface area contributed by atoms with Gasteiger partial charge in [0.15, 0.2) is 0 Å². The van der Waals surface area contributed by atoms with Gasteiger partial charge in [0.05, 0.1) is 0 Å². The maximum atomic E-state index is 12.3. The highest BCUT2D eigenvalue weighted by Crippen LogP contribution is 2.25. The van der Waals surface area contributed by atoms with Crippen LogP contribution in [0.5, 0.6) is 0 Å². The molecule has 0 saturated carbocycles. The van der Waals surface area contributed by atoms with Crippen molar-refractivity contribution in [1.82, 2.24) is 4.90 Å². The number of carbonyl (C=O) groups excluding carboxylic acids is 1. The third kappa shape index (κ3) is 4.48. The van der Waals surface area contributed by atoms with Crippen molar-refractivity contribution in [2.24, 2.45) is 0 Å². The molecule has 21 heavy (non-hydrogen) atoms. The normalized spacial score (nSPS) is 13.8. The Balaban J connectivity index is 1.64. The Labute approximate surface area is 128 Å². The minimum absolute atomic E-state index is 0.153. The van der Waals surface area contributed by atoms with E-state index in [1.165, 1.54) is 44.9 Å². The molecule has 0 unspecified atom stereocenters. The predicted octanol–water partition coefficient (Wildman–Crippen LogP) is 4.37. The third-order valence-corrected chi connectivity index (χ3v) is 4.29. The standard InChI is InChI=1S/C18H28N2O/c1-2-3-4-5-6-7-8-9-12-20-14-15-10-11-16(19)13-17(15)18(20)21/h10-11,13H,2-9,12,14,19H2,1H3. The lowest BCUT2D eigenvalue weighted by molar-refractivity contribution is 0.0775. The largest absolute Gasteiger partial charge is 0.399 e. The molecule has 3 heteroatoms. The van der Waals surface area contributed by atoms with Crippen LogP contribution in [0.4, 0.5) is 5.69 Å². The fraction of sp³-hybridized carbons (Fsp3) is 0.611. The molecule has 116 valence electrons. The Kier molecular flexibility index (Phi) is 6.09. The van der Waals surface area contributed by atoms with Gasteiger partial charge >= 0.3 is 0 Å². The summed E-state index contributed by atoms with van der Waals surface area (Å²) in [5.41, 5.74) is 8.35. The Morgan fingerprint density at radius 2 is 1.71 bits per heavy atom. The summed E-state index contributed by atoms with van der Waals surface area (Å²) >= 11 is 0. The van der Waals surface area contributed by atoms with E-state index in [1.54, 1.807) is 0 Å². The fourth-order valence-corrected chi connectivity index (χ4v) is 3.00. The molecular formula is C18H28N2O. The van der Waals surface area contributed by atoms with Crippen molar-refractivity contribution in [3.63, 3.8) is 0 Å². The van der Waals surface area contributed by atoms with E-state index in [1.807, 2.05) is 23.1 Å². The lowest BCUT2D eigenvalue weighted by Crippen LogP contribution is -2.24. The van der Waals surface area contributed by atoms with E-state index in [2.05, 4.69) is 6.92 Å². The number of fused-ring (bicyclic) bond motifs is 1. The first kappa shape index (κ1) is 15.9. The van der Waals surface area contributed by atoms with Gasteiger partial charge in [0.1, 0.15) is 0 Å². The number of rotatable bonds is 9. The lowest BCUT2D eigenvalue weighted by atomic mass is 10.1. The predicted molar refractivity (Wildman–Crippen MR) is 88.2 cm³/mol. The molecular weight excluding hydrogens is 260 g/mol. The van der Waals surface area contributed by atoms with Gasteiger partial charge in [-0.05, 0) is 24.1 Å². The van der Waals surface area contributed by atoms with Gasteiger partial charge in [0, 0.05) is 24.3 Å². The number of anilines is 1. The minimum atomic E-state index is 0.153. The summed E-state index contributed by atoms with van der Waals surface area (Å²) in [5, 5.41) is 0. The summed E-state index contributed by atoms with van der Waals surface area (Å²) in [6, 6.07) is 5.67. The van der Waals surface area contributed by atoms with E-state index in [0.29, 0.717) is 5.69 Å². The van der Waals surface area contributed by atoms with Gasteiger partial charge in [-0.3, -0.25) is 4.79 Å². The highest BCUT2D eigenvalue weighted by atomic mass is 16.2. The summed E-state index contributed by atoms with van der Waals surface area (Å²) in [4.78, 5) is 14.2. The maximum absolute atomic E-state index is 12.3. The molecule has 0 aliphatic carbocycles. The van der Waals surface area contributed by atoms with E-state index in [-0.39, 0.29) is 5.91 Å². The molecule has 1 amide bonds. The molecule has 0 fully saturated rings. The van der Waals surface area contributed by atoms with Gasteiger partial charge in [-0.1, -0.05) is 57.9 Å². The first-order chi connectivity index (χ1) is 10.2. The smallest absolute Gasteiger partial charge is 0.254 e. The average Bonchev–Trinajstić information content (AvgIpc) is 2.78. The summed E-state index contributed by atoms with van der Waals surface area (Å²) in [5.74, 6) is 0.153. The molecule has 0 bridgehead atoms. The van der Waals surface area contributed by atoms with Gasteiger partial charge < -0.3 is 10.6 Å². The Morgan fingerprint density at radius 3 is 2.43 bits per heavy atom. The topological polar surface area (TPSA) is 46.3 Å². The quantitative estimate of drug-likeness (QED) is 0.542. The number of amides is 1. The van der Waals surface area contributed by atoms with Crippen LogP contribution in [0.3, 0.4) is 0 Å². The molecule has 0 spiro atoms. The molecule has 3 nitrogen and oxygen atoms in total. The summed E-state index contributed by atoms with van der Waals surface area (Å²) in [6.45, 7) is 3.88. The van der Waals surface area contributed by atoms with Crippen molar-refractivity contribution in [2.75, 3.05) is 12.3 Å². The highest BCUT2D eigenvalue weighted by Gasteiger charge is 2.26. The second-order valence-electron chi connectivity index (χ2n) is 6.12. The number of carbonyl (C=O) groups is 1. The third-order valence-electron chi connectivity index (χ3n) is 4.29. The molecule has 0 saturated heterocycles. The van der Waals surface area contributed by atoms with Crippen LogP contribution in [0.25, 0.3) is 0 Å². The SMILES string of the molecule is CCCCCCCCCCN1Cc2ccc(N)cc2C1=O. The van der Waals surface area contributed by atoms with Crippen molar-refractivity contribution >= 4 is 11.6 Å². The number of unbranched alkanes of at least 4 members (excludes halogenated alkanes) is 7. The van der Waals surface area contributed by atoms with Gasteiger partial charge in [-0.15, -0.1) is 0 Å². The Bertz CT molecular complexity index is 470. The van der Waals surface area contributed by atoms with E-state index in [4.69, 9.17) is 5.73 Å². The molecule has 1 aliphatic heterocycles. The van der Waals surface area contributed by atoms with Crippen LogP contribution in [-0.4, -0.2) is 17.4 Å². The van der Waals surface area contributed by atoms with Crippen LogP contribution in [0.2, 0.25) is 0 Å². The number of hydrogen-bond acceptors (Lipinski definition) is 2. The molecule has 1 aromatic rings. The fourth-order valence-electron chi connectivity index (χ4n) is 3.00. The van der Waals surface area contributed by atoms with Crippen molar-refractivity contribution < 1.29 is 4.79 Å². The first-order valence-corrected chi connectivity index (χ1v) is 8.40. The maximum Gasteiger partial charge on any atom is 0.254 e. The van der Waals surface area contributed by atoms with Gasteiger partial charge in [-0.25, -0.2) is 0 Å². The second-order valence-corrected chi connectivity index (χ2v) is 6.12. The van der Waals surface area contributed by atoms with E-state index in [0.717, 1.165) is 30.6 Å². The zero-order chi connectivity index (χ0) is 15.1. The zero-order valence-corrected chi connectivity index (χ0v) is 13.2. The van der Waals surface area contributed by atoms with Gasteiger partial charge in [0.2, 0.25) is 0 Å². The Morgan fingerprint density at radius 1 is 1.05 bits per heavy atom. The second kappa shape index (κ2) is 8.06. The summed E-state index contributed by atoms with van der Waals surface area (Å²) in [6.07, 6.45) is 10.4. The molecule has 0 atom stereocenters. The highest BCUT2D eigenvalue weighted by molar-refractivity contribution is 5.99. The number of benzene rings is 1. The van der Waals surface area contributed by atoms with Crippen molar-refractivity contribution in [3.05, 3.63) is 29.3 Å². The molecule has 2 rings (SSSR count). The van der Waals surface area contributed by atoms with Gasteiger partial charge in [-0.2, -0.15) is 0 Å². The van der Waals surface area contributed by atoms with E-state index >= 15 is 0 Å². The molecule has 0 radical (unpaired) electrons. The molecule has 0 aromatic heterocycles. The summed E-state index contributed by atoms with van der Waals surface area (Å²) in [7, 11) is 0. The number of nitrogens with zero attached hydrogens (tertiary/aromatic N) is 1. The van der Waals surface area contributed by atoms with Crippen LogP contribution in [0, 0.1) is 0 Å². The van der Waals surface area contributed by atoms with Crippen molar-refractivity contribution in [3.8, 4) is 0 Å². The van der Waals surface area contributed by atoms with Crippen LogP contribution in [0.15, 0.2) is 18.2 Å². The Hall–Kier alpha value is -1.51. The first-order valence-electron chi connectivity index (χ1n) is 8.40. The summed E-state index contributed by atoms with van der Waals surface area (Å²) < 4.78 is 0. The van der Waals surface area contributed by atoms with Crippen LogP contribution >= 0.6 is 0 Å². The molecule has 1 heterocycles. The molecule has 1 aliphatic rings. The minimum Gasteiger partial charge on any atom is -0.399 e.